The van der Waals surface area contributed by atoms with Crippen molar-refractivity contribution >= 4 is 11.9 Å². The van der Waals surface area contributed by atoms with Gasteiger partial charge in [0.2, 0.25) is 5.54 Å². The lowest BCUT2D eigenvalue weighted by atomic mass is 9.91. The molecular weight excluding hydrogens is 246 g/mol. The first-order valence-electron chi connectivity index (χ1n) is 6.66. The zero-order chi connectivity index (χ0) is 15.1. The zero-order valence-corrected chi connectivity index (χ0v) is 12.7. The number of hydrogen-bond acceptors (Lipinski definition) is 4. The second kappa shape index (κ2) is 4.78. The third kappa shape index (κ3) is 3.08. The van der Waals surface area contributed by atoms with E-state index in [4.69, 9.17) is 4.74 Å². The topological polar surface area (TPSA) is 66.8 Å². The Hall–Kier alpha value is -1.10. The quantitative estimate of drug-likeness (QED) is 0.615. The first kappa shape index (κ1) is 16.0. The molecule has 0 aromatic rings. The van der Waals surface area contributed by atoms with Gasteiger partial charge in [-0.1, -0.05) is 0 Å². The molecule has 1 aliphatic rings. The van der Waals surface area contributed by atoms with Crippen molar-refractivity contribution in [3.05, 3.63) is 0 Å². The fourth-order valence-corrected chi connectivity index (χ4v) is 2.61. The molecule has 1 N–H and O–H groups in total. The molecule has 0 aliphatic carbocycles. The minimum atomic E-state index is -1.55. The standard InChI is InChI=1S/C14H25NO4/c1-12(2,3)15-9-7-8-14(15,10(16)17)11(18)19-13(4,5)6/h7-9H2,1-6H3,(H,16,17)/t14-/m0/s1. The molecule has 110 valence electrons. The van der Waals surface area contributed by atoms with E-state index in [-0.39, 0.29) is 0 Å². The van der Waals surface area contributed by atoms with Crippen LogP contribution in [0.3, 0.4) is 0 Å². The number of aliphatic carboxylic acids is 1. The minimum Gasteiger partial charge on any atom is -0.479 e. The second-order valence-electron chi connectivity index (χ2n) is 7.09. The first-order valence-corrected chi connectivity index (χ1v) is 6.66. The first-order chi connectivity index (χ1) is 8.41. The molecule has 0 amide bonds. The van der Waals surface area contributed by atoms with Gasteiger partial charge in [0.05, 0.1) is 0 Å². The second-order valence-corrected chi connectivity index (χ2v) is 7.09. The van der Waals surface area contributed by atoms with Gasteiger partial charge < -0.3 is 9.84 Å². The summed E-state index contributed by atoms with van der Waals surface area (Å²) >= 11 is 0. The molecule has 0 bridgehead atoms. The number of rotatable bonds is 2. The molecule has 19 heavy (non-hydrogen) atoms. The largest absolute Gasteiger partial charge is 0.479 e. The molecule has 1 saturated heterocycles. The van der Waals surface area contributed by atoms with Crippen LogP contribution in [0.25, 0.3) is 0 Å². The van der Waals surface area contributed by atoms with Crippen LogP contribution in [0.1, 0.15) is 54.4 Å². The summed E-state index contributed by atoms with van der Waals surface area (Å²) in [6.07, 6.45) is 0.983. The minimum absolute atomic E-state index is 0.300. The van der Waals surface area contributed by atoms with Crippen molar-refractivity contribution in [3.63, 3.8) is 0 Å². The summed E-state index contributed by atoms with van der Waals surface area (Å²) in [5.41, 5.74) is -2.64. The van der Waals surface area contributed by atoms with Gasteiger partial charge in [-0.2, -0.15) is 0 Å². The number of likely N-dealkylation sites (tertiary alicyclic amines) is 1. The number of carbonyl (C=O) groups excluding carboxylic acids is 1. The number of esters is 1. The average Bonchev–Trinajstić information content (AvgIpc) is 2.58. The number of carbonyl (C=O) groups is 2. The Morgan fingerprint density at radius 2 is 1.68 bits per heavy atom. The van der Waals surface area contributed by atoms with Crippen LogP contribution in [0.2, 0.25) is 0 Å². The van der Waals surface area contributed by atoms with Crippen molar-refractivity contribution in [2.24, 2.45) is 0 Å². The van der Waals surface area contributed by atoms with Gasteiger partial charge in [0.15, 0.2) is 0 Å². The van der Waals surface area contributed by atoms with Crippen molar-refractivity contribution in [2.45, 2.75) is 71.1 Å². The molecule has 0 aromatic heterocycles. The van der Waals surface area contributed by atoms with E-state index < -0.39 is 28.6 Å². The molecule has 1 rings (SSSR count). The number of carboxylic acid groups (broad SMARTS) is 1. The third-order valence-electron chi connectivity index (χ3n) is 3.28. The Bertz CT molecular complexity index is 378. The molecule has 0 unspecified atom stereocenters. The van der Waals surface area contributed by atoms with Gasteiger partial charge in [-0.25, -0.2) is 9.59 Å². The van der Waals surface area contributed by atoms with E-state index in [9.17, 15) is 14.7 Å². The lowest BCUT2D eigenvalue weighted by Gasteiger charge is -2.42. The van der Waals surface area contributed by atoms with E-state index in [1.54, 1.807) is 25.7 Å². The van der Waals surface area contributed by atoms with Gasteiger partial charge in [0, 0.05) is 12.1 Å². The third-order valence-corrected chi connectivity index (χ3v) is 3.28. The molecule has 5 nitrogen and oxygen atoms in total. The van der Waals surface area contributed by atoms with Crippen LogP contribution < -0.4 is 0 Å². The lowest BCUT2D eigenvalue weighted by Crippen LogP contribution is -2.63. The van der Waals surface area contributed by atoms with Crippen LogP contribution in [-0.4, -0.2) is 45.2 Å². The van der Waals surface area contributed by atoms with Gasteiger partial charge in [-0.05, 0) is 54.4 Å². The fraction of sp³-hybridized carbons (Fsp3) is 0.857. The van der Waals surface area contributed by atoms with Gasteiger partial charge in [0.25, 0.3) is 0 Å². The van der Waals surface area contributed by atoms with Crippen LogP contribution in [-0.2, 0) is 14.3 Å². The highest BCUT2D eigenvalue weighted by atomic mass is 16.6. The van der Waals surface area contributed by atoms with Crippen molar-refractivity contribution < 1.29 is 19.4 Å². The molecule has 1 aliphatic heterocycles. The van der Waals surface area contributed by atoms with E-state index in [2.05, 4.69) is 0 Å². The van der Waals surface area contributed by atoms with Crippen LogP contribution in [0.15, 0.2) is 0 Å². The number of nitrogens with zero attached hydrogens (tertiary/aromatic N) is 1. The Balaban J connectivity index is 3.18. The molecule has 1 fully saturated rings. The monoisotopic (exact) mass is 271 g/mol. The number of ether oxygens (including phenoxy) is 1. The van der Waals surface area contributed by atoms with E-state index in [0.29, 0.717) is 19.4 Å². The maximum absolute atomic E-state index is 12.4. The summed E-state index contributed by atoms with van der Waals surface area (Å²) in [6.45, 7) is 11.6. The molecule has 0 aromatic carbocycles. The predicted molar refractivity (Wildman–Crippen MR) is 71.9 cm³/mol. The maximum Gasteiger partial charge on any atom is 0.338 e. The van der Waals surface area contributed by atoms with Crippen molar-refractivity contribution in [1.82, 2.24) is 4.90 Å². The SMILES string of the molecule is CC(C)(C)OC(=O)[C@@]1(C(=O)O)CCCN1C(C)(C)C. The molecule has 0 radical (unpaired) electrons. The van der Waals surface area contributed by atoms with E-state index in [0.717, 1.165) is 0 Å². The van der Waals surface area contributed by atoms with Gasteiger partial charge >= 0.3 is 11.9 Å². The lowest BCUT2D eigenvalue weighted by molar-refractivity contribution is -0.181. The highest BCUT2D eigenvalue weighted by Gasteiger charge is 2.59. The van der Waals surface area contributed by atoms with Crippen LogP contribution in [0.5, 0.6) is 0 Å². The van der Waals surface area contributed by atoms with Crippen molar-refractivity contribution in [2.75, 3.05) is 6.54 Å². The van der Waals surface area contributed by atoms with Crippen molar-refractivity contribution in [3.8, 4) is 0 Å². The highest BCUT2D eigenvalue weighted by Crippen LogP contribution is 2.37. The smallest absolute Gasteiger partial charge is 0.338 e. The Morgan fingerprint density at radius 3 is 2.05 bits per heavy atom. The maximum atomic E-state index is 12.4. The Kier molecular flexibility index (Phi) is 4.01. The Morgan fingerprint density at radius 1 is 1.16 bits per heavy atom. The number of hydrogen-bond donors (Lipinski definition) is 1. The van der Waals surface area contributed by atoms with Crippen LogP contribution in [0, 0.1) is 0 Å². The summed E-state index contributed by atoms with van der Waals surface area (Å²) in [7, 11) is 0. The van der Waals surface area contributed by atoms with E-state index in [1.165, 1.54) is 0 Å². The average molecular weight is 271 g/mol. The normalized spacial score (nSPS) is 25.4. The van der Waals surface area contributed by atoms with Gasteiger partial charge in [-0.3, -0.25) is 4.90 Å². The molecule has 5 heteroatoms. The zero-order valence-electron chi connectivity index (χ0n) is 12.7. The summed E-state index contributed by atoms with van der Waals surface area (Å²) in [5.74, 6) is -1.77. The summed E-state index contributed by atoms with van der Waals surface area (Å²) in [5, 5.41) is 9.62. The Labute approximate surface area is 114 Å². The molecule has 0 spiro atoms. The molecule has 0 saturated carbocycles. The summed E-state index contributed by atoms with van der Waals surface area (Å²) < 4.78 is 5.35. The van der Waals surface area contributed by atoms with E-state index in [1.807, 2.05) is 20.8 Å². The molecule has 1 atom stereocenters. The molecular formula is C14H25NO4. The van der Waals surface area contributed by atoms with Crippen molar-refractivity contribution in [1.29, 1.82) is 0 Å². The number of carboxylic acids is 1. The fourth-order valence-electron chi connectivity index (χ4n) is 2.61. The van der Waals surface area contributed by atoms with Gasteiger partial charge in [-0.15, -0.1) is 0 Å². The molecule has 1 heterocycles. The highest BCUT2D eigenvalue weighted by molar-refractivity contribution is 6.04. The van der Waals surface area contributed by atoms with Crippen LogP contribution >= 0.6 is 0 Å². The summed E-state index contributed by atoms with van der Waals surface area (Å²) in [4.78, 5) is 25.9. The van der Waals surface area contributed by atoms with E-state index >= 15 is 0 Å². The predicted octanol–water partition coefficient (Wildman–Crippen LogP) is 2.05. The van der Waals surface area contributed by atoms with Gasteiger partial charge in [0.1, 0.15) is 5.60 Å². The summed E-state index contributed by atoms with van der Waals surface area (Å²) in [6, 6.07) is 0. The van der Waals surface area contributed by atoms with Crippen LogP contribution in [0.4, 0.5) is 0 Å².